The van der Waals surface area contributed by atoms with E-state index in [4.69, 9.17) is 4.74 Å². The van der Waals surface area contributed by atoms with Gasteiger partial charge in [0.1, 0.15) is 5.75 Å². The minimum Gasteiger partial charge on any atom is -0.454 e. The number of benzene rings is 2. The third-order valence-electron chi connectivity index (χ3n) is 3.72. The van der Waals surface area contributed by atoms with Crippen LogP contribution in [0.25, 0.3) is 0 Å². The number of alkyl halides is 3. The molecule has 0 bridgehead atoms. The molecule has 0 aliphatic heterocycles. The Hall–Kier alpha value is -3.36. The van der Waals surface area contributed by atoms with Crippen molar-refractivity contribution >= 4 is 17.7 Å². The highest BCUT2D eigenvalue weighted by atomic mass is 19.4. The monoisotopic (exact) mass is 409 g/mol. The SMILES string of the molecule is CC(=O)NCCc1ccc(C(=O)COC(=O)c2ccc(OC(F)(F)F)cc2)cc1. The zero-order chi connectivity index (χ0) is 21.4. The fourth-order valence-corrected chi connectivity index (χ4v) is 2.33. The lowest BCUT2D eigenvalue weighted by Gasteiger charge is -2.09. The molecule has 0 unspecified atom stereocenters. The topological polar surface area (TPSA) is 81.7 Å². The molecule has 0 aromatic heterocycles. The van der Waals surface area contributed by atoms with Gasteiger partial charge in [0, 0.05) is 19.0 Å². The average Bonchev–Trinajstić information content (AvgIpc) is 2.65. The lowest BCUT2D eigenvalue weighted by Crippen LogP contribution is -2.22. The molecule has 0 atom stereocenters. The van der Waals surface area contributed by atoms with Crippen molar-refractivity contribution in [2.75, 3.05) is 13.2 Å². The van der Waals surface area contributed by atoms with E-state index in [9.17, 15) is 27.6 Å². The third kappa shape index (κ3) is 7.65. The first-order valence-corrected chi connectivity index (χ1v) is 8.53. The summed E-state index contributed by atoms with van der Waals surface area (Å²) in [7, 11) is 0. The lowest BCUT2D eigenvalue weighted by molar-refractivity contribution is -0.274. The predicted octanol–water partition coefficient (Wildman–Crippen LogP) is 3.30. The van der Waals surface area contributed by atoms with Crippen LogP contribution in [0.1, 0.15) is 33.2 Å². The van der Waals surface area contributed by atoms with Gasteiger partial charge in [-0.3, -0.25) is 9.59 Å². The lowest BCUT2D eigenvalue weighted by atomic mass is 10.1. The summed E-state index contributed by atoms with van der Waals surface area (Å²) in [6.45, 7) is 1.39. The minimum absolute atomic E-state index is 0.0133. The highest BCUT2D eigenvalue weighted by molar-refractivity contribution is 5.99. The highest BCUT2D eigenvalue weighted by Gasteiger charge is 2.31. The Morgan fingerprint density at radius 1 is 0.931 bits per heavy atom. The predicted molar refractivity (Wildman–Crippen MR) is 96.6 cm³/mol. The van der Waals surface area contributed by atoms with Gasteiger partial charge in [-0.15, -0.1) is 13.2 Å². The fraction of sp³-hybridized carbons (Fsp3) is 0.250. The van der Waals surface area contributed by atoms with Gasteiger partial charge in [0.2, 0.25) is 5.91 Å². The van der Waals surface area contributed by atoms with E-state index >= 15 is 0 Å². The zero-order valence-electron chi connectivity index (χ0n) is 15.4. The maximum Gasteiger partial charge on any atom is 0.573 e. The Balaban J connectivity index is 1.85. The van der Waals surface area contributed by atoms with Gasteiger partial charge >= 0.3 is 12.3 Å². The van der Waals surface area contributed by atoms with Crippen LogP contribution in [0.2, 0.25) is 0 Å². The zero-order valence-corrected chi connectivity index (χ0v) is 15.4. The van der Waals surface area contributed by atoms with Gasteiger partial charge in [-0.2, -0.15) is 0 Å². The maximum atomic E-state index is 12.1. The number of carbonyl (C=O) groups is 3. The Kier molecular flexibility index (Phi) is 7.35. The Labute approximate surface area is 164 Å². The van der Waals surface area contributed by atoms with Gasteiger partial charge in [0.05, 0.1) is 5.56 Å². The number of rotatable bonds is 8. The van der Waals surface area contributed by atoms with Gasteiger partial charge in [0.15, 0.2) is 12.4 Å². The van der Waals surface area contributed by atoms with Crippen LogP contribution in [0.15, 0.2) is 48.5 Å². The smallest absolute Gasteiger partial charge is 0.454 e. The van der Waals surface area contributed by atoms with Crippen molar-refractivity contribution < 1.29 is 37.0 Å². The molecule has 29 heavy (non-hydrogen) atoms. The van der Waals surface area contributed by atoms with Gasteiger partial charge in [-0.1, -0.05) is 24.3 Å². The molecule has 0 radical (unpaired) electrons. The Morgan fingerprint density at radius 2 is 1.52 bits per heavy atom. The van der Waals surface area contributed by atoms with Crippen molar-refractivity contribution in [3.05, 3.63) is 65.2 Å². The molecule has 0 saturated carbocycles. The summed E-state index contributed by atoms with van der Waals surface area (Å²) >= 11 is 0. The molecule has 2 aromatic rings. The van der Waals surface area contributed by atoms with Crippen LogP contribution in [0.3, 0.4) is 0 Å². The van der Waals surface area contributed by atoms with Crippen molar-refractivity contribution in [3.63, 3.8) is 0 Å². The van der Waals surface area contributed by atoms with E-state index < -0.39 is 30.5 Å². The molecule has 6 nitrogen and oxygen atoms in total. The Morgan fingerprint density at radius 3 is 2.07 bits per heavy atom. The quantitative estimate of drug-likeness (QED) is 0.535. The molecule has 154 valence electrons. The number of esters is 1. The molecule has 1 N–H and O–H groups in total. The minimum atomic E-state index is -4.83. The Bertz CT molecular complexity index is 861. The van der Waals surface area contributed by atoms with E-state index in [-0.39, 0.29) is 11.5 Å². The first-order chi connectivity index (χ1) is 13.6. The first kappa shape index (κ1) is 21.9. The summed E-state index contributed by atoms with van der Waals surface area (Å²) < 4.78 is 45.0. The summed E-state index contributed by atoms with van der Waals surface area (Å²) in [4.78, 5) is 34.9. The van der Waals surface area contributed by atoms with E-state index in [0.717, 1.165) is 29.8 Å². The number of ether oxygens (including phenoxy) is 2. The van der Waals surface area contributed by atoms with E-state index in [1.807, 2.05) is 0 Å². The second kappa shape index (κ2) is 9.72. The third-order valence-corrected chi connectivity index (χ3v) is 3.72. The van der Waals surface area contributed by atoms with Crippen molar-refractivity contribution in [1.29, 1.82) is 0 Å². The summed E-state index contributed by atoms with van der Waals surface area (Å²) in [5.74, 6) is -1.86. The van der Waals surface area contributed by atoms with Crippen molar-refractivity contribution in [3.8, 4) is 5.75 Å². The van der Waals surface area contributed by atoms with Crippen LogP contribution < -0.4 is 10.1 Å². The maximum absolute atomic E-state index is 12.1. The molecule has 0 aliphatic rings. The molecule has 0 spiro atoms. The number of hydrogen-bond donors (Lipinski definition) is 1. The average molecular weight is 409 g/mol. The van der Waals surface area contributed by atoms with Crippen LogP contribution in [-0.4, -0.2) is 37.2 Å². The van der Waals surface area contributed by atoms with Crippen LogP contribution in [0.4, 0.5) is 13.2 Å². The molecule has 2 aromatic carbocycles. The van der Waals surface area contributed by atoms with E-state index in [1.54, 1.807) is 24.3 Å². The molecule has 0 saturated heterocycles. The van der Waals surface area contributed by atoms with Crippen LogP contribution in [-0.2, 0) is 16.0 Å². The van der Waals surface area contributed by atoms with E-state index in [1.165, 1.54) is 6.92 Å². The van der Waals surface area contributed by atoms with Crippen LogP contribution in [0, 0.1) is 0 Å². The fourth-order valence-electron chi connectivity index (χ4n) is 2.33. The van der Waals surface area contributed by atoms with Gasteiger partial charge in [-0.05, 0) is 36.2 Å². The van der Waals surface area contributed by atoms with Gasteiger partial charge in [-0.25, -0.2) is 4.79 Å². The molecule has 9 heteroatoms. The van der Waals surface area contributed by atoms with Crippen molar-refractivity contribution in [1.82, 2.24) is 5.32 Å². The second-order valence-corrected chi connectivity index (χ2v) is 6.00. The summed E-state index contributed by atoms with van der Waals surface area (Å²) in [6, 6.07) is 10.8. The molecule has 0 aliphatic carbocycles. The summed E-state index contributed by atoms with van der Waals surface area (Å²) in [5.41, 5.74) is 1.25. The number of carbonyl (C=O) groups excluding carboxylic acids is 3. The largest absolute Gasteiger partial charge is 0.573 e. The molecular formula is C20H18F3NO5. The van der Waals surface area contributed by atoms with Gasteiger partial charge < -0.3 is 14.8 Å². The number of hydrogen-bond acceptors (Lipinski definition) is 5. The van der Waals surface area contributed by atoms with Crippen molar-refractivity contribution in [2.24, 2.45) is 0 Å². The number of ketones is 1. The van der Waals surface area contributed by atoms with E-state index in [2.05, 4.69) is 10.1 Å². The summed E-state index contributed by atoms with van der Waals surface area (Å²) in [5, 5.41) is 2.67. The number of amides is 1. The number of nitrogens with one attached hydrogen (secondary N) is 1. The molecule has 0 fully saturated rings. The van der Waals surface area contributed by atoms with Crippen molar-refractivity contribution in [2.45, 2.75) is 19.7 Å². The normalized spacial score (nSPS) is 10.9. The molecule has 0 heterocycles. The molecule has 1 amide bonds. The van der Waals surface area contributed by atoms with E-state index in [0.29, 0.717) is 18.5 Å². The van der Waals surface area contributed by atoms with Crippen LogP contribution in [0.5, 0.6) is 5.75 Å². The summed E-state index contributed by atoms with van der Waals surface area (Å²) in [6.07, 6.45) is -4.22. The standard InChI is InChI=1S/C20H18F3NO5/c1-13(25)24-11-10-14-2-4-15(5-3-14)18(26)12-28-19(27)16-6-8-17(9-7-16)29-20(21,22)23/h2-9H,10-12H2,1H3,(H,24,25). The first-order valence-electron chi connectivity index (χ1n) is 8.53. The molecule has 2 rings (SSSR count). The van der Waals surface area contributed by atoms with Gasteiger partial charge in [0.25, 0.3) is 0 Å². The van der Waals surface area contributed by atoms with Crippen LogP contribution >= 0.6 is 0 Å². The number of halogens is 3. The number of Topliss-reactive ketones (excluding diaryl/α,β-unsaturated/α-hetero) is 1. The second-order valence-electron chi connectivity index (χ2n) is 6.00. The highest BCUT2D eigenvalue weighted by Crippen LogP contribution is 2.22. The molecular weight excluding hydrogens is 391 g/mol.